The summed E-state index contributed by atoms with van der Waals surface area (Å²) in [5, 5.41) is 9.03. The van der Waals surface area contributed by atoms with Gasteiger partial charge in [0.25, 0.3) is 0 Å². The molecular formula is C18H19N3O. The molecule has 2 aromatic rings. The van der Waals surface area contributed by atoms with Crippen molar-refractivity contribution in [1.82, 2.24) is 9.47 Å². The van der Waals surface area contributed by atoms with Crippen LogP contribution in [-0.2, 0) is 6.54 Å². The van der Waals surface area contributed by atoms with Crippen LogP contribution in [0.4, 0.5) is 0 Å². The lowest BCUT2D eigenvalue weighted by molar-refractivity contribution is 0.0893. The molecule has 0 amide bonds. The Bertz CT molecular complexity index is 707. The van der Waals surface area contributed by atoms with Crippen LogP contribution >= 0.6 is 0 Å². The van der Waals surface area contributed by atoms with Crippen LogP contribution in [0.2, 0.25) is 0 Å². The number of nitrogens with zero attached hydrogens (tertiary/aromatic N) is 3. The van der Waals surface area contributed by atoms with E-state index in [-0.39, 0.29) is 6.10 Å². The van der Waals surface area contributed by atoms with Crippen molar-refractivity contribution >= 4 is 0 Å². The maximum atomic E-state index is 9.03. The van der Waals surface area contributed by atoms with Gasteiger partial charge in [-0.3, -0.25) is 0 Å². The van der Waals surface area contributed by atoms with Crippen LogP contribution in [0.5, 0.6) is 5.75 Å². The number of aromatic nitrogens is 1. The smallest absolute Gasteiger partial charge is 0.179 e. The summed E-state index contributed by atoms with van der Waals surface area (Å²) in [6.45, 7) is 2.54. The number of fused-ring (bicyclic) bond motifs is 2. The zero-order valence-electron chi connectivity index (χ0n) is 12.5. The van der Waals surface area contributed by atoms with E-state index in [1.807, 2.05) is 11.0 Å². The van der Waals surface area contributed by atoms with Gasteiger partial charge in [-0.05, 0) is 31.0 Å². The van der Waals surface area contributed by atoms with Crippen molar-refractivity contribution in [2.24, 2.45) is 5.92 Å². The van der Waals surface area contributed by atoms with Crippen molar-refractivity contribution in [2.75, 3.05) is 13.1 Å². The number of nitriles is 1. The summed E-state index contributed by atoms with van der Waals surface area (Å²) in [4.78, 5) is 1.85. The standard InChI is InChI=1S/C18H19N3O/c19-13-20-10-7-14(8-11-20)18-16-5-3-9-21(16)12-15-4-1-2-6-17(15)22-18/h1-6,9,14,18H,7-8,10-12H2. The molecule has 1 saturated heterocycles. The van der Waals surface area contributed by atoms with Gasteiger partial charge in [-0.1, -0.05) is 18.2 Å². The lowest BCUT2D eigenvalue weighted by atomic mass is 9.89. The minimum Gasteiger partial charge on any atom is -0.484 e. The molecule has 0 N–H and O–H groups in total. The lowest BCUT2D eigenvalue weighted by Gasteiger charge is -2.33. The summed E-state index contributed by atoms with van der Waals surface area (Å²) in [5.41, 5.74) is 2.49. The Morgan fingerprint density at radius 1 is 1.09 bits per heavy atom. The fourth-order valence-electron chi connectivity index (χ4n) is 3.60. The average Bonchev–Trinajstić information content (AvgIpc) is 2.96. The van der Waals surface area contributed by atoms with Gasteiger partial charge < -0.3 is 14.2 Å². The highest BCUT2D eigenvalue weighted by Gasteiger charge is 2.32. The molecule has 0 aliphatic carbocycles. The van der Waals surface area contributed by atoms with Crippen LogP contribution in [0.1, 0.15) is 30.2 Å². The Balaban J connectivity index is 1.66. The normalized spacial score (nSPS) is 21.2. The van der Waals surface area contributed by atoms with E-state index < -0.39 is 0 Å². The number of likely N-dealkylation sites (tertiary alicyclic amines) is 1. The van der Waals surface area contributed by atoms with Crippen molar-refractivity contribution in [3.05, 3.63) is 53.9 Å². The molecule has 4 rings (SSSR count). The number of rotatable bonds is 1. The van der Waals surface area contributed by atoms with E-state index in [0.29, 0.717) is 5.92 Å². The molecule has 2 aliphatic heterocycles. The molecule has 1 aromatic heterocycles. The highest BCUT2D eigenvalue weighted by Crippen LogP contribution is 2.38. The molecule has 0 saturated carbocycles. The van der Waals surface area contributed by atoms with Gasteiger partial charge in [0.2, 0.25) is 0 Å². The molecule has 1 atom stereocenters. The molecular weight excluding hydrogens is 274 g/mol. The van der Waals surface area contributed by atoms with Crippen LogP contribution in [0.3, 0.4) is 0 Å². The highest BCUT2D eigenvalue weighted by molar-refractivity contribution is 5.36. The number of benzene rings is 1. The first-order chi connectivity index (χ1) is 10.8. The van der Waals surface area contributed by atoms with Gasteiger partial charge in [0.1, 0.15) is 11.9 Å². The predicted octanol–water partition coefficient (Wildman–Crippen LogP) is 3.16. The Hall–Kier alpha value is -2.41. The quantitative estimate of drug-likeness (QED) is 0.758. The lowest BCUT2D eigenvalue weighted by Crippen LogP contribution is -2.34. The first-order valence-corrected chi connectivity index (χ1v) is 7.89. The Kier molecular flexibility index (Phi) is 3.27. The Morgan fingerprint density at radius 3 is 2.73 bits per heavy atom. The van der Waals surface area contributed by atoms with E-state index in [4.69, 9.17) is 10.00 Å². The molecule has 1 aromatic carbocycles. The average molecular weight is 293 g/mol. The number of hydrogen-bond donors (Lipinski definition) is 0. The number of hydrogen-bond acceptors (Lipinski definition) is 3. The van der Waals surface area contributed by atoms with Gasteiger partial charge in [-0.2, -0.15) is 5.26 Å². The fourth-order valence-corrected chi connectivity index (χ4v) is 3.60. The molecule has 112 valence electrons. The van der Waals surface area contributed by atoms with Gasteiger partial charge in [0, 0.05) is 30.8 Å². The molecule has 3 heterocycles. The van der Waals surface area contributed by atoms with Gasteiger partial charge in [-0.25, -0.2) is 0 Å². The van der Waals surface area contributed by atoms with E-state index in [2.05, 4.69) is 47.3 Å². The molecule has 0 radical (unpaired) electrons. The van der Waals surface area contributed by atoms with E-state index in [1.165, 1.54) is 11.3 Å². The zero-order chi connectivity index (χ0) is 14.9. The molecule has 22 heavy (non-hydrogen) atoms. The molecule has 1 unspecified atom stereocenters. The summed E-state index contributed by atoms with van der Waals surface area (Å²) in [6, 6.07) is 12.6. The SMILES string of the molecule is N#CN1CCC(C2Oc3ccccc3Cn3cccc32)CC1. The fraction of sp³-hybridized carbons (Fsp3) is 0.389. The van der Waals surface area contributed by atoms with E-state index in [1.54, 1.807) is 0 Å². The van der Waals surface area contributed by atoms with Crippen molar-refractivity contribution in [3.63, 3.8) is 0 Å². The maximum Gasteiger partial charge on any atom is 0.179 e. The molecule has 0 spiro atoms. The molecule has 2 aliphatic rings. The van der Waals surface area contributed by atoms with Crippen LogP contribution in [0.15, 0.2) is 42.6 Å². The van der Waals surface area contributed by atoms with Gasteiger partial charge in [0.15, 0.2) is 6.19 Å². The largest absolute Gasteiger partial charge is 0.484 e. The number of piperidine rings is 1. The minimum atomic E-state index is 0.0829. The van der Waals surface area contributed by atoms with Crippen molar-refractivity contribution in [1.29, 1.82) is 5.26 Å². The molecule has 4 heteroatoms. The van der Waals surface area contributed by atoms with Crippen LogP contribution < -0.4 is 4.74 Å². The summed E-state index contributed by atoms with van der Waals surface area (Å²) in [7, 11) is 0. The van der Waals surface area contributed by atoms with Gasteiger partial charge in [0.05, 0.1) is 12.2 Å². The molecule has 1 fully saturated rings. The van der Waals surface area contributed by atoms with Crippen molar-refractivity contribution in [3.8, 4) is 11.9 Å². The van der Waals surface area contributed by atoms with E-state index in [9.17, 15) is 0 Å². The van der Waals surface area contributed by atoms with Crippen molar-refractivity contribution < 1.29 is 4.74 Å². The second-order valence-electron chi connectivity index (χ2n) is 6.13. The number of para-hydroxylation sites is 1. The molecule has 4 nitrogen and oxygen atoms in total. The third kappa shape index (κ3) is 2.23. The Morgan fingerprint density at radius 2 is 1.91 bits per heavy atom. The summed E-state index contributed by atoms with van der Waals surface area (Å²) >= 11 is 0. The topological polar surface area (TPSA) is 41.2 Å². The van der Waals surface area contributed by atoms with Crippen LogP contribution in [-0.4, -0.2) is 22.6 Å². The van der Waals surface area contributed by atoms with E-state index >= 15 is 0 Å². The van der Waals surface area contributed by atoms with Crippen LogP contribution in [0, 0.1) is 17.4 Å². The maximum absolute atomic E-state index is 9.03. The number of ether oxygens (including phenoxy) is 1. The third-order valence-corrected chi connectivity index (χ3v) is 4.83. The monoisotopic (exact) mass is 293 g/mol. The summed E-state index contributed by atoms with van der Waals surface area (Å²) < 4.78 is 8.73. The van der Waals surface area contributed by atoms with Crippen molar-refractivity contribution in [2.45, 2.75) is 25.5 Å². The summed E-state index contributed by atoms with van der Waals surface area (Å²) in [5.74, 6) is 1.46. The predicted molar refractivity (Wildman–Crippen MR) is 83.3 cm³/mol. The minimum absolute atomic E-state index is 0.0829. The highest BCUT2D eigenvalue weighted by atomic mass is 16.5. The van der Waals surface area contributed by atoms with Gasteiger partial charge in [-0.15, -0.1) is 0 Å². The second kappa shape index (κ2) is 5.42. The second-order valence-corrected chi connectivity index (χ2v) is 6.13. The van der Waals surface area contributed by atoms with E-state index in [0.717, 1.165) is 38.2 Å². The summed E-state index contributed by atoms with van der Waals surface area (Å²) in [6.07, 6.45) is 6.49. The molecule has 0 bridgehead atoms. The van der Waals surface area contributed by atoms with Gasteiger partial charge >= 0.3 is 0 Å². The first kappa shape index (κ1) is 13.3. The third-order valence-electron chi connectivity index (χ3n) is 4.83. The first-order valence-electron chi connectivity index (χ1n) is 7.89. The zero-order valence-corrected chi connectivity index (χ0v) is 12.5. The van der Waals surface area contributed by atoms with Crippen LogP contribution in [0.25, 0.3) is 0 Å². The Labute approximate surface area is 130 Å².